The van der Waals surface area contributed by atoms with E-state index in [1.54, 1.807) is 0 Å². The first-order valence-electron chi connectivity index (χ1n) is 9.24. The second kappa shape index (κ2) is 6.65. The first-order valence-corrected chi connectivity index (χ1v) is 9.24. The molecule has 3 aromatic carbocycles. The van der Waals surface area contributed by atoms with Gasteiger partial charge in [-0.2, -0.15) is 0 Å². The summed E-state index contributed by atoms with van der Waals surface area (Å²) in [6.45, 7) is 0. The number of benzene rings is 3. The molecule has 5 aromatic rings. The van der Waals surface area contributed by atoms with Gasteiger partial charge in [-0.1, -0.05) is 72.8 Å². The second-order valence-corrected chi connectivity index (χ2v) is 6.75. The van der Waals surface area contributed by atoms with Crippen molar-refractivity contribution in [2.75, 3.05) is 0 Å². The van der Waals surface area contributed by atoms with Crippen LogP contribution in [0.25, 0.3) is 27.9 Å². The Hall–Kier alpha value is -3.52. The molecule has 0 amide bonds. The maximum atomic E-state index is 2.33. The Morgan fingerprint density at radius 3 is 1.67 bits per heavy atom. The molecule has 0 N–H and O–H groups in total. The minimum Gasteiger partial charge on any atom is -0.323 e. The fourth-order valence-electron chi connectivity index (χ4n) is 3.75. The van der Waals surface area contributed by atoms with Crippen LogP contribution >= 0.6 is 0 Å². The van der Waals surface area contributed by atoms with Crippen LogP contribution in [0.1, 0.15) is 11.7 Å². The number of hydrogen-bond acceptors (Lipinski definition) is 0. The molecule has 5 rings (SSSR count). The summed E-state index contributed by atoms with van der Waals surface area (Å²) in [5.74, 6) is 0. The first-order chi connectivity index (χ1) is 13.4. The molecule has 0 bridgehead atoms. The summed E-state index contributed by atoms with van der Waals surface area (Å²) in [7, 11) is 0. The van der Waals surface area contributed by atoms with Crippen LogP contribution in [0.15, 0.2) is 109 Å². The van der Waals surface area contributed by atoms with Crippen molar-refractivity contribution >= 4 is 27.9 Å². The normalized spacial score (nSPS) is 11.9. The van der Waals surface area contributed by atoms with E-state index < -0.39 is 0 Å². The SMILES string of the molecule is C(=CC(n1ccc2ccccc21)n1ccc2ccccc21)c1ccccc1. The Morgan fingerprint density at radius 2 is 1.07 bits per heavy atom. The summed E-state index contributed by atoms with van der Waals surface area (Å²) < 4.78 is 4.67. The van der Waals surface area contributed by atoms with Gasteiger partial charge in [0.15, 0.2) is 0 Å². The van der Waals surface area contributed by atoms with Crippen LogP contribution < -0.4 is 0 Å². The zero-order valence-electron chi connectivity index (χ0n) is 14.9. The van der Waals surface area contributed by atoms with Crippen LogP contribution in [-0.2, 0) is 0 Å². The topological polar surface area (TPSA) is 9.86 Å². The lowest BCUT2D eigenvalue weighted by Gasteiger charge is -2.20. The summed E-state index contributed by atoms with van der Waals surface area (Å²) in [6, 6.07) is 31.9. The number of nitrogens with zero attached hydrogens (tertiary/aromatic N) is 2. The quantitative estimate of drug-likeness (QED) is 0.358. The summed E-state index contributed by atoms with van der Waals surface area (Å²) >= 11 is 0. The third-order valence-electron chi connectivity index (χ3n) is 5.09. The summed E-state index contributed by atoms with van der Waals surface area (Å²) in [6.07, 6.45) is 8.89. The Balaban J connectivity index is 1.69. The lowest BCUT2D eigenvalue weighted by Crippen LogP contribution is -2.14. The summed E-state index contributed by atoms with van der Waals surface area (Å²) in [4.78, 5) is 0. The number of fused-ring (bicyclic) bond motifs is 2. The number of para-hydroxylation sites is 2. The third kappa shape index (κ3) is 2.85. The van der Waals surface area contributed by atoms with Crippen molar-refractivity contribution in [1.29, 1.82) is 0 Å². The zero-order valence-corrected chi connectivity index (χ0v) is 14.9. The van der Waals surface area contributed by atoms with Crippen LogP contribution in [0.2, 0.25) is 0 Å². The lowest BCUT2D eigenvalue weighted by molar-refractivity contribution is 0.554. The predicted molar refractivity (Wildman–Crippen MR) is 114 cm³/mol. The highest BCUT2D eigenvalue weighted by Crippen LogP contribution is 2.27. The van der Waals surface area contributed by atoms with Gasteiger partial charge in [0.1, 0.15) is 6.17 Å². The molecule has 2 aromatic heterocycles. The van der Waals surface area contributed by atoms with Crippen molar-refractivity contribution < 1.29 is 0 Å². The molecule has 2 heterocycles. The average molecular weight is 348 g/mol. The highest BCUT2D eigenvalue weighted by Gasteiger charge is 2.14. The fraction of sp³-hybridized carbons (Fsp3) is 0.0400. The Labute approximate surface area is 158 Å². The first kappa shape index (κ1) is 15.7. The van der Waals surface area contributed by atoms with Gasteiger partial charge in [0.25, 0.3) is 0 Å². The Bertz CT molecular complexity index is 1150. The molecule has 0 spiro atoms. The van der Waals surface area contributed by atoms with Crippen LogP contribution in [-0.4, -0.2) is 9.13 Å². The zero-order chi connectivity index (χ0) is 18.1. The molecule has 0 aliphatic heterocycles. The smallest absolute Gasteiger partial charge is 0.129 e. The van der Waals surface area contributed by atoms with Crippen molar-refractivity contribution in [3.05, 3.63) is 115 Å². The maximum Gasteiger partial charge on any atom is 0.129 e. The molecule has 130 valence electrons. The van der Waals surface area contributed by atoms with Crippen LogP contribution in [0.5, 0.6) is 0 Å². The van der Waals surface area contributed by atoms with Gasteiger partial charge in [0.05, 0.1) is 11.0 Å². The van der Waals surface area contributed by atoms with E-state index in [1.807, 2.05) is 6.07 Å². The van der Waals surface area contributed by atoms with Gasteiger partial charge in [-0.15, -0.1) is 0 Å². The predicted octanol–water partition coefficient (Wildman–Crippen LogP) is 6.36. The van der Waals surface area contributed by atoms with Crippen molar-refractivity contribution in [2.45, 2.75) is 6.17 Å². The largest absolute Gasteiger partial charge is 0.323 e. The number of allylic oxidation sites excluding steroid dienone is 1. The highest BCUT2D eigenvalue weighted by molar-refractivity contribution is 5.82. The molecule has 2 heteroatoms. The van der Waals surface area contributed by atoms with Crippen molar-refractivity contribution in [1.82, 2.24) is 9.13 Å². The van der Waals surface area contributed by atoms with E-state index in [9.17, 15) is 0 Å². The van der Waals surface area contributed by atoms with E-state index in [0.29, 0.717) is 0 Å². The van der Waals surface area contributed by atoms with Crippen molar-refractivity contribution in [2.24, 2.45) is 0 Å². The summed E-state index contributed by atoms with van der Waals surface area (Å²) in [5.41, 5.74) is 3.67. The number of hydrogen-bond donors (Lipinski definition) is 0. The lowest BCUT2D eigenvalue weighted by atomic mass is 10.2. The van der Waals surface area contributed by atoms with E-state index in [-0.39, 0.29) is 6.17 Å². The fourth-order valence-corrected chi connectivity index (χ4v) is 3.75. The molecule has 27 heavy (non-hydrogen) atoms. The highest BCUT2D eigenvalue weighted by atomic mass is 15.2. The molecule has 0 fully saturated rings. The minimum atomic E-state index is 0.0602. The number of rotatable bonds is 4. The molecule has 0 unspecified atom stereocenters. The molecule has 0 saturated heterocycles. The average Bonchev–Trinajstić information content (AvgIpc) is 3.34. The Kier molecular flexibility index (Phi) is 3.87. The molecular weight excluding hydrogens is 328 g/mol. The molecule has 2 nitrogen and oxygen atoms in total. The molecule has 0 aliphatic rings. The summed E-state index contributed by atoms with van der Waals surface area (Å²) in [5, 5.41) is 2.51. The van der Waals surface area contributed by atoms with Crippen molar-refractivity contribution in [3.63, 3.8) is 0 Å². The Morgan fingerprint density at radius 1 is 0.556 bits per heavy atom. The van der Waals surface area contributed by atoms with E-state index in [0.717, 1.165) is 0 Å². The molecule has 0 saturated carbocycles. The monoisotopic (exact) mass is 348 g/mol. The van der Waals surface area contributed by atoms with Crippen LogP contribution in [0, 0.1) is 0 Å². The van der Waals surface area contributed by atoms with Crippen LogP contribution in [0.4, 0.5) is 0 Å². The minimum absolute atomic E-state index is 0.0602. The second-order valence-electron chi connectivity index (χ2n) is 6.75. The molecule has 0 radical (unpaired) electrons. The van der Waals surface area contributed by atoms with E-state index in [2.05, 4.69) is 119 Å². The van der Waals surface area contributed by atoms with Gasteiger partial charge in [-0.25, -0.2) is 0 Å². The van der Waals surface area contributed by atoms with Gasteiger partial charge >= 0.3 is 0 Å². The maximum absolute atomic E-state index is 2.33. The standard InChI is InChI=1S/C25H20N2/c1-2-8-20(9-3-1)14-15-25(26-18-16-21-10-4-6-12-23(21)26)27-19-17-22-11-5-7-13-24(22)27/h1-19,25H. The molecule has 0 aliphatic carbocycles. The van der Waals surface area contributed by atoms with Crippen LogP contribution in [0.3, 0.4) is 0 Å². The molecule has 0 atom stereocenters. The van der Waals surface area contributed by atoms with Crippen molar-refractivity contribution in [3.8, 4) is 0 Å². The van der Waals surface area contributed by atoms with E-state index in [1.165, 1.54) is 27.4 Å². The molecular formula is C25H20N2. The van der Waals surface area contributed by atoms with Gasteiger partial charge < -0.3 is 9.13 Å². The van der Waals surface area contributed by atoms with Gasteiger partial charge in [0, 0.05) is 12.4 Å². The number of aromatic nitrogens is 2. The third-order valence-corrected chi connectivity index (χ3v) is 5.09. The van der Waals surface area contributed by atoms with Gasteiger partial charge in [-0.05, 0) is 46.7 Å². The van der Waals surface area contributed by atoms with Gasteiger partial charge in [-0.3, -0.25) is 0 Å². The van der Waals surface area contributed by atoms with Gasteiger partial charge in [0.2, 0.25) is 0 Å². The van der Waals surface area contributed by atoms with E-state index in [4.69, 9.17) is 0 Å². The van der Waals surface area contributed by atoms with E-state index >= 15 is 0 Å².